The van der Waals surface area contributed by atoms with Crippen LogP contribution in [0.15, 0.2) is 28.8 Å². The molecule has 0 unspecified atom stereocenters. The van der Waals surface area contributed by atoms with Gasteiger partial charge in [-0.15, -0.1) is 0 Å². The fourth-order valence-electron chi connectivity index (χ4n) is 2.46. The van der Waals surface area contributed by atoms with Crippen molar-refractivity contribution in [2.45, 2.75) is 44.1 Å². The number of carbonyl (C=O) groups excluding carboxylic acids is 1. The van der Waals surface area contributed by atoms with E-state index < -0.39 is 0 Å². The summed E-state index contributed by atoms with van der Waals surface area (Å²) in [6.07, 6.45) is 5.67. The Bertz CT molecular complexity index is 672. The number of benzene rings is 1. The lowest BCUT2D eigenvalue weighted by Gasteiger charge is -2.20. The molecular weight excluding hydrogens is 280 g/mol. The SMILES string of the molecule is O=C(Nc1ccc(-c2noc(C3CCC3)n2)cc1)NC1CC1. The fourth-order valence-corrected chi connectivity index (χ4v) is 2.46. The number of amides is 2. The highest BCUT2D eigenvalue weighted by molar-refractivity contribution is 5.89. The third-order valence-electron chi connectivity index (χ3n) is 4.21. The third kappa shape index (κ3) is 2.81. The van der Waals surface area contributed by atoms with Gasteiger partial charge in [-0.25, -0.2) is 4.79 Å². The van der Waals surface area contributed by atoms with Crippen LogP contribution in [0, 0.1) is 0 Å². The molecule has 6 nitrogen and oxygen atoms in total. The predicted octanol–water partition coefficient (Wildman–Crippen LogP) is 3.29. The molecule has 6 heteroatoms. The fraction of sp³-hybridized carbons (Fsp3) is 0.438. The van der Waals surface area contributed by atoms with E-state index in [1.807, 2.05) is 24.3 Å². The van der Waals surface area contributed by atoms with E-state index in [9.17, 15) is 4.79 Å². The average molecular weight is 298 g/mol. The van der Waals surface area contributed by atoms with Gasteiger partial charge in [-0.05, 0) is 49.9 Å². The minimum absolute atomic E-state index is 0.151. The number of nitrogens with one attached hydrogen (secondary N) is 2. The first-order valence-electron chi connectivity index (χ1n) is 7.79. The molecule has 0 radical (unpaired) electrons. The zero-order valence-electron chi connectivity index (χ0n) is 12.2. The number of nitrogens with zero attached hydrogens (tertiary/aromatic N) is 2. The van der Waals surface area contributed by atoms with Gasteiger partial charge in [-0.1, -0.05) is 11.6 Å². The van der Waals surface area contributed by atoms with Gasteiger partial charge in [0.25, 0.3) is 0 Å². The summed E-state index contributed by atoms with van der Waals surface area (Å²) < 4.78 is 5.33. The first-order valence-corrected chi connectivity index (χ1v) is 7.79. The van der Waals surface area contributed by atoms with Gasteiger partial charge in [0.15, 0.2) is 0 Å². The van der Waals surface area contributed by atoms with E-state index in [0.29, 0.717) is 17.8 Å². The van der Waals surface area contributed by atoms with Crippen LogP contribution in [-0.4, -0.2) is 22.2 Å². The highest BCUT2D eigenvalue weighted by Crippen LogP contribution is 2.36. The molecule has 2 aliphatic carbocycles. The molecule has 2 saturated carbocycles. The molecule has 0 bridgehead atoms. The van der Waals surface area contributed by atoms with Crippen molar-refractivity contribution < 1.29 is 9.32 Å². The highest BCUT2D eigenvalue weighted by Gasteiger charge is 2.25. The van der Waals surface area contributed by atoms with Gasteiger partial charge in [-0.2, -0.15) is 4.98 Å². The third-order valence-corrected chi connectivity index (χ3v) is 4.21. The first-order chi connectivity index (χ1) is 10.8. The summed E-state index contributed by atoms with van der Waals surface area (Å²) in [5.41, 5.74) is 1.65. The Hall–Kier alpha value is -2.37. The average Bonchev–Trinajstić information content (AvgIpc) is 3.13. The molecular formula is C16H18N4O2. The molecule has 2 aromatic rings. The number of rotatable bonds is 4. The zero-order valence-corrected chi connectivity index (χ0v) is 12.2. The van der Waals surface area contributed by atoms with Crippen molar-refractivity contribution in [1.82, 2.24) is 15.5 Å². The number of hydrogen-bond donors (Lipinski definition) is 2. The van der Waals surface area contributed by atoms with Crippen LogP contribution in [0.5, 0.6) is 0 Å². The molecule has 0 aliphatic heterocycles. The van der Waals surface area contributed by atoms with Gasteiger partial charge in [-0.3, -0.25) is 0 Å². The maximum atomic E-state index is 11.7. The van der Waals surface area contributed by atoms with Gasteiger partial charge in [0.2, 0.25) is 11.7 Å². The molecule has 1 heterocycles. The standard InChI is InChI=1S/C16H18N4O2/c21-16(18-13-8-9-13)17-12-6-4-10(5-7-12)14-19-15(22-20-14)11-2-1-3-11/h4-7,11,13H,1-3,8-9H2,(H2,17,18,21). The molecule has 0 spiro atoms. The lowest BCUT2D eigenvalue weighted by atomic mass is 9.85. The van der Waals surface area contributed by atoms with Gasteiger partial charge < -0.3 is 15.2 Å². The maximum absolute atomic E-state index is 11.7. The van der Waals surface area contributed by atoms with Crippen molar-refractivity contribution >= 4 is 11.7 Å². The van der Waals surface area contributed by atoms with E-state index in [-0.39, 0.29) is 6.03 Å². The van der Waals surface area contributed by atoms with Gasteiger partial charge in [0, 0.05) is 23.2 Å². The Morgan fingerprint density at radius 1 is 1.14 bits per heavy atom. The minimum atomic E-state index is -0.151. The van der Waals surface area contributed by atoms with Crippen LogP contribution in [0.4, 0.5) is 10.5 Å². The molecule has 1 aromatic heterocycles. The number of aromatic nitrogens is 2. The van der Waals surface area contributed by atoms with E-state index >= 15 is 0 Å². The van der Waals surface area contributed by atoms with Crippen molar-refractivity contribution in [3.63, 3.8) is 0 Å². The highest BCUT2D eigenvalue weighted by atomic mass is 16.5. The summed E-state index contributed by atoms with van der Waals surface area (Å²) in [5.74, 6) is 1.79. The summed E-state index contributed by atoms with van der Waals surface area (Å²) in [6.45, 7) is 0. The van der Waals surface area contributed by atoms with Gasteiger partial charge in [0.1, 0.15) is 0 Å². The molecule has 114 valence electrons. The summed E-state index contributed by atoms with van der Waals surface area (Å²) in [4.78, 5) is 16.1. The molecule has 22 heavy (non-hydrogen) atoms. The molecule has 2 aliphatic rings. The molecule has 2 amide bonds. The van der Waals surface area contributed by atoms with E-state index in [0.717, 1.165) is 42.8 Å². The van der Waals surface area contributed by atoms with Crippen LogP contribution in [0.1, 0.15) is 43.9 Å². The Balaban J connectivity index is 1.41. The van der Waals surface area contributed by atoms with Crippen LogP contribution in [0.25, 0.3) is 11.4 Å². The van der Waals surface area contributed by atoms with Crippen LogP contribution >= 0.6 is 0 Å². The molecule has 1 aromatic carbocycles. The molecule has 2 N–H and O–H groups in total. The van der Waals surface area contributed by atoms with Crippen molar-refractivity contribution in [1.29, 1.82) is 0 Å². The van der Waals surface area contributed by atoms with E-state index in [1.54, 1.807) is 0 Å². The predicted molar refractivity (Wildman–Crippen MR) is 81.5 cm³/mol. The second-order valence-corrected chi connectivity index (χ2v) is 6.03. The topological polar surface area (TPSA) is 80.1 Å². The summed E-state index contributed by atoms with van der Waals surface area (Å²) in [6, 6.07) is 7.68. The van der Waals surface area contributed by atoms with Crippen LogP contribution in [-0.2, 0) is 0 Å². The Morgan fingerprint density at radius 3 is 2.55 bits per heavy atom. The van der Waals surface area contributed by atoms with Crippen molar-refractivity contribution in [3.8, 4) is 11.4 Å². The lowest BCUT2D eigenvalue weighted by Crippen LogP contribution is -2.30. The molecule has 0 atom stereocenters. The second kappa shape index (κ2) is 5.44. The summed E-state index contributed by atoms with van der Waals surface area (Å²) in [5, 5.41) is 9.75. The van der Waals surface area contributed by atoms with Gasteiger partial charge >= 0.3 is 6.03 Å². The molecule has 0 saturated heterocycles. The molecule has 4 rings (SSSR count). The normalized spacial score (nSPS) is 17.8. The van der Waals surface area contributed by atoms with E-state index in [2.05, 4.69) is 20.8 Å². The smallest absolute Gasteiger partial charge is 0.319 e. The number of anilines is 1. The van der Waals surface area contributed by atoms with E-state index in [4.69, 9.17) is 4.52 Å². The Labute approximate surface area is 128 Å². The monoisotopic (exact) mass is 298 g/mol. The lowest BCUT2D eigenvalue weighted by molar-refractivity contribution is 0.251. The largest absolute Gasteiger partial charge is 0.339 e. The van der Waals surface area contributed by atoms with Crippen LogP contribution in [0.3, 0.4) is 0 Å². The summed E-state index contributed by atoms with van der Waals surface area (Å²) >= 11 is 0. The number of hydrogen-bond acceptors (Lipinski definition) is 4. The van der Waals surface area contributed by atoms with Crippen LogP contribution < -0.4 is 10.6 Å². The minimum Gasteiger partial charge on any atom is -0.339 e. The van der Waals surface area contributed by atoms with Crippen molar-refractivity contribution in [3.05, 3.63) is 30.2 Å². The quantitative estimate of drug-likeness (QED) is 0.907. The number of urea groups is 1. The molecule has 2 fully saturated rings. The Morgan fingerprint density at radius 2 is 1.91 bits per heavy atom. The first kappa shape index (κ1) is 13.3. The second-order valence-electron chi connectivity index (χ2n) is 6.03. The Kier molecular flexibility index (Phi) is 3.29. The van der Waals surface area contributed by atoms with Crippen LogP contribution in [0.2, 0.25) is 0 Å². The maximum Gasteiger partial charge on any atom is 0.319 e. The summed E-state index contributed by atoms with van der Waals surface area (Å²) in [7, 11) is 0. The number of carbonyl (C=O) groups is 1. The van der Waals surface area contributed by atoms with Crippen molar-refractivity contribution in [2.24, 2.45) is 0 Å². The van der Waals surface area contributed by atoms with Gasteiger partial charge in [0.05, 0.1) is 0 Å². The zero-order chi connectivity index (χ0) is 14.9. The van der Waals surface area contributed by atoms with Crippen molar-refractivity contribution in [2.75, 3.05) is 5.32 Å². The van der Waals surface area contributed by atoms with E-state index in [1.165, 1.54) is 6.42 Å².